The van der Waals surface area contributed by atoms with Crippen molar-refractivity contribution in [2.75, 3.05) is 20.2 Å². The molecule has 0 spiro atoms. The molecule has 128 valence electrons. The molecule has 1 aliphatic rings. The van der Waals surface area contributed by atoms with Crippen molar-refractivity contribution in [3.8, 4) is 5.75 Å². The lowest BCUT2D eigenvalue weighted by Crippen LogP contribution is -2.45. The van der Waals surface area contributed by atoms with Gasteiger partial charge in [-0.25, -0.2) is 0 Å². The van der Waals surface area contributed by atoms with Crippen LogP contribution in [0, 0.1) is 13.8 Å². The van der Waals surface area contributed by atoms with E-state index in [2.05, 4.69) is 55.1 Å². The molecule has 2 atom stereocenters. The molecule has 1 saturated heterocycles. The van der Waals surface area contributed by atoms with Crippen LogP contribution in [0.1, 0.15) is 34.6 Å². The maximum Gasteiger partial charge on any atom is 0.119 e. The molecule has 1 fully saturated rings. The van der Waals surface area contributed by atoms with Crippen molar-refractivity contribution in [3.05, 3.63) is 64.7 Å². The number of aryl methyl sites for hydroxylation is 2. The Bertz CT molecular complexity index is 698. The van der Waals surface area contributed by atoms with Crippen LogP contribution in [0.4, 0.5) is 0 Å². The molecule has 0 aromatic heterocycles. The third-order valence-corrected chi connectivity index (χ3v) is 5.02. The van der Waals surface area contributed by atoms with Gasteiger partial charge in [-0.3, -0.25) is 4.90 Å². The van der Waals surface area contributed by atoms with Crippen molar-refractivity contribution >= 4 is 0 Å². The zero-order valence-electron chi connectivity index (χ0n) is 15.0. The Labute approximate surface area is 145 Å². The average molecular weight is 324 g/mol. The summed E-state index contributed by atoms with van der Waals surface area (Å²) in [5.74, 6) is 1.39. The van der Waals surface area contributed by atoms with Gasteiger partial charge in [0.25, 0.3) is 0 Å². The number of nitrogens with zero attached hydrogens (tertiary/aromatic N) is 1. The van der Waals surface area contributed by atoms with Crippen LogP contribution in [0.25, 0.3) is 0 Å². The number of benzene rings is 2. The van der Waals surface area contributed by atoms with Crippen molar-refractivity contribution < 1.29 is 4.74 Å². The Balaban J connectivity index is 1.76. The molecule has 24 heavy (non-hydrogen) atoms. The Hall–Kier alpha value is -1.84. The number of nitrogens with two attached hydrogens (primary N) is 1. The maximum absolute atomic E-state index is 6.37. The summed E-state index contributed by atoms with van der Waals surface area (Å²) in [6.07, 6.45) is 1.04. The lowest BCUT2D eigenvalue weighted by atomic mass is 9.88. The number of likely N-dealkylation sites (tertiary alicyclic amines) is 1. The molecule has 3 heteroatoms. The molecule has 0 aliphatic carbocycles. The van der Waals surface area contributed by atoms with E-state index in [4.69, 9.17) is 10.5 Å². The smallest absolute Gasteiger partial charge is 0.119 e. The predicted molar refractivity (Wildman–Crippen MR) is 99.5 cm³/mol. The van der Waals surface area contributed by atoms with Gasteiger partial charge in [-0.2, -0.15) is 0 Å². The quantitative estimate of drug-likeness (QED) is 0.933. The Morgan fingerprint density at radius 3 is 2.75 bits per heavy atom. The SMILES string of the molecule is COc1cccc(C2CC(N)CN(Cc3cc(C)ccc3C)C2)c1. The van der Waals surface area contributed by atoms with Gasteiger partial charge in [0.05, 0.1) is 7.11 Å². The van der Waals surface area contributed by atoms with Gasteiger partial charge >= 0.3 is 0 Å². The number of piperidine rings is 1. The molecule has 2 aromatic carbocycles. The number of ether oxygens (including phenoxy) is 1. The van der Waals surface area contributed by atoms with E-state index in [9.17, 15) is 0 Å². The van der Waals surface area contributed by atoms with Gasteiger partial charge in [0.15, 0.2) is 0 Å². The lowest BCUT2D eigenvalue weighted by molar-refractivity contribution is 0.181. The number of hydrogen-bond donors (Lipinski definition) is 1. The standard InChI is InChI=1S/C21H28N2O/c1-15-7-8-16(2)18(9-15)12-23-13-19(10-20(22)14-23)17-5-4-6-21(11-17)24-3/h4-9,11,19-20H,10,12-14,22H2,1-3H3. The van der Waals surface area contributed by atoms with Crippen molar-refractivity contribution in [1.29, 1.82) is 0 Å². The van der Waals surface area contributed by atoms with E-state index in [1.165, 1.54) is 22.3 Å². The van der Waals surface area contributed by atoms with Crippen LogP contribution in [0.3, 0.4) is 0 Å². The fourth-order valence-electron chi connectivity index (χ4n) is 3.71. The summed E-state index contributed by atoms with van der Waals surface area (Å²) in [5.41, 5.74) is 11.8. The van der Waals surface area contributed by atoms with E-state index in [1.807, 2.05) is 6.07 Å². The zero-order valence-corrected chi connectivity index (χ0v) is 15.0. The second-order valence-corrected chi connectivity index (χ2v) is 7.09. The minimum absolute atomic E-state index is 0.222. The molecule has 2 aromatic rings. The summed E-state index contributed by atoms with van der Waals surface area (Å²) in [4.78, 5) is 2.50. The molecule has 0 amide bonds. The Morgan fingerprint density at radius 2 is 1.96 bits per heavy atom. The Kier molecular flexibility index (Phi) is 5.22. The summed E-state index contributed by atoms with van der Waals surface area (Å²) < 4.78 is 5.38. The van der Waals surface area contributed by atoms with Crippen molar-refractivity contribution in [1.82, 2.24) is 4.90 Å². The highest BCUT2D eigenvalue weighted by Crippen LogP contribution is 2.29. The van der Waals surface area contributed by atoms with E-state index in [0.717, 1.165) is 31.8 Å². The van der Waals surface area contributed by atoms with Crippen LogP contribution in [0.5, 0.6) is 5.75 Å². The van der Waals surface area contributed by atoms with Crippen LogP contribution in [0.15, 0.2) is 42.5 Å². The number of hydrogen-bond acceptors (Lipinski definition) is 3. The third kappa shape index (κ3) is 3.97. The zero-order chi connectivity index (χ0) is 17.1. The molecular weight excluding hydrogens is 296 g/mol. The fourth-order valence-corrected chi connectivity index (χ4v) is 3.71. The van der Waals surface area contributed by atoms with E-state index < -0.39 is 0 Å². The van der Waals surface area contributed by atoms with Gasteiger partial charge < -0.3 is 10.5 Å². The normalized spacial score (nSPS) is 21.7. The monoisotopic (exact) mass is 324 g/mol. The van der Waals surface area contributed by atoms with E-state index in [-0.39, 0.29) is 6.04 Å². The van der Waals surface area contributed by atoms with Crippen molar-refractivity contribution in [3.63, 3.8) is 0 Å². The van der Waals surface area contributed by atoms with Gasteiger partial charge in [-0.05, 0) is 55.0 Å². The molecule has 3 rings (SSSR count). The lowest BCUT2D eigenvalue weighted by Gasteiger charge is -2.37. The van der Waals surface area contributed by atoms with Crippen LogP contribution >= 0.6 is 0 Å². The molecule has 3 nitrogen and oxygen atoms in total. The summed E-state index contributed by atoms with van der Waals surface area (Å²) in [5, 5.41) is 0. The molecular formula is C21H28N2O. The first-order chi connectivity index (χ1) is 11.5. The minimum atomic E-state index is 0.222. The van der Waals surface area contributed by atoms with Crippen LogP contribution in [-0.2, 0) is 6.54 Å². The first-order valence-electron chi connectivity index (χ1n) is 8.73. The van der Waals surface area contributed by atoms with Crippen LogP contribution < -0.4 is 10.5 Å². The second-order valence-electron chi connectivity index (χ2n) is 7.09. The van der Waals surface area contributed by atoms with E-state index in [1.54, 1.807) is 7.11 Å². The van der Waals surface area contributed by atoms with E-state index >= 15 is 0 Å². The summed E-state index contributed by atoms with van der Waals surface area (Å²) in [6.45, 7) is 7.34. The fraction of sp³-hybridized carbons (Fsp3) is 0.429. The largest absolute Gasteiger partial charge is 0.497 e. The molecule has 2 N–H and O–H groups in total. The van der Waals surface area contributed by atoms with Crippen LogP contribution in [-0.4, -0.2) is 31.1 Å². The average Bonchev–Trinajstić information content (AvgIpc) is 2.58. The highest BCUT2D eigenvalue weighted by molar-refractivity contribution is 5.32. The van der Waals surface area contributed by atoms with Gasteiger partial charge in [0.1, 0.15) is 5.75 Å². The van der Waals surface area contributed by atoms with Crippen molar-refractivity contribution in [2.24, 2.45) is 5.73 Å². The van der Waals surface area contributed by atoms with Crippen molar-refractivity contribution in [2.45, 2.75) is 38.8 Å². The van der Waals surface area contributed by atoms with E-state index in [0.29, 0.717) is 5.92 Å². The number of methoxy groups -OCH3 is 1. The van der Waals surface area contributed by atoms with Crippen LogP contribution in [0.2, 0.25) is 0 Å². The molecule has 0 saturated carbocycles. The highest BCUT2D eigenvalue weighted by Gasteiger charge is 2.26. The van der Waals surface area contributed by atoms with Gasteiger partial charge in [-0.15, -0.1) is 0 Å². The summed E-state index contributed by atoms with van der Waals surface area (Å²) in [6, 6.07) is 15.3. The highest BCUT2D eigenvalue weighted by atomic mass is 16.5. The number of rotatable bonds is 4. The van der Waals surface area contributed by atoms with Gasteiger partial charge in [-0.1, -0.05) is 35.9 Å². The van der Waals surface area contributed by atoms with Gasteiger partial charge in [0, 0.05) is 25.7 Å². The minimum Gasteiger partial charge on any atom is -0.497 e. The predicted octanol–water partition coefficient (Wildman–Crippen LogP) is 3.63. The molecule has 1 aliphatic heterocycles. The summed E-state index contributed by atoms with van der Waals surface area (Å²) >= 11 is 0. The first kappa shape index (κ1) is 17.0. The maximum atomic E-state index is 6.37. The first-order valence-corrected chi connectivity index (χ1v) is 8.73. The molecule has 0 bridgehead atoms. The topological polar surface area (TPSA) is 38.5 Å². The molecule has 2 unspecified atom stereocenters. The second kappa shape index (κ2) is 7.37. The molecule has 1 heterocycles. The van der Waals surface area contributed by atoms with Gasteiger partial charge in [0.2, 0.25) is 0 Å². The summed E-state index contributed by atoms with van der Waals surface area (Å²) in [7, 11) is 1.72. The molecule has 0 radical (unpaired) electrons. The third-order valence-electron chi connectivity index (χ3n) is 5.02. The Morgan fingerprint density at radius 1 is 1.12 bits per heavy atom.